The molecule has 2 nitrogen and oxygen atoms in total. The minimum Gasteiger partial charge on any atom is -0.377 e. The van der Waals surface area contributed by atoms with Crippen LogP contribution in [0, 0.1) is 17.8 Å². The van der Waals surface area contributed by atoms with Gasteiger partial charge in [0.25, 0.3) is 0 Å². The lowest BCUT2D eigenvalue weighted by atomic mass is 9.57. The van der Waals surface area contributed by atoms with Crippen molar-refractivity contribution in [3.05, 3.63) is 11.6 Å². The molecule has 0 bridgehead atoms. The quantitative estimate of drug-likeness (QED) is 0.611. The molecule has 2 atom stereocenters. The average Bonchev–Trinajstić information content (AvgIpc) is 2.22. The fourth-order valence-corrected chi connectivity index (χ4v) is 2.82. The van der Waals surface area contributed by atoms with E-state index in [1.54, 1.807) is 6.08 Å². The molecule has 0 aliphatic heterocycles. The predicted molar refractivity (Wildman–Crippen MR) is 58.1 cm³/mol. The van der Waals surface area contributed by atoms with Crippen LogP contribution in [-0.2, 0) is 4.79 Å². The number of terminal acetylenes is 1. The second-order valence-electron chi connectivity index (χ2n) is 4.83. The number of ketones is 1. The second kappa shape index (κ2) is 3.21. The van der Waals surface area contributed by atoms with Crippen LogP contribution in [-0.4, -0.2) is 16.5 Å². The maximum absolute atomic E-state index is 11.3. The van der Waals surface area contributed by atoms with Gasteiger partial charge in [-0.15, -0.1) is 6.42 Å². The van der Waals surface area contributed by atoms with Crippen molar-refractivity contribution >= 4 is 5.78 Å². The second-order valence-corrected chi connectivity index (χ2v) is 4.83. The molecule has 1 fully saturated rings. The van der Waals surface area contributed by atoms with E-state index in [0.717, 1.165) is 18.4 Å². The maximum Gasteiger partial charge on any atom is 0.155 e. The summed E-state index contributed by atoms with van der Waals surface area (Å²) in [6, 6.07) is 0. The Balaban J connectivity index is 2.48. The van der Waals surface area contributed by atoms with Crippen molar-refractivity contribution in [2.45, 2.75) is 44.6 Å². The van der Waals surface area contributed by atoms with Crippen LogP contribution >= 0.6 is 0 Å². The molecule has 0 unspecified atom stereocenters. The van der Waals surface area contributed by atoms with Gasteiger partial charge in [0, 0.05) is 11.8 Å². The average molecular weight is 204 g/mol. The molecule has 80 valence electrons. The number of hydrogen-bond acceptors (Lipinski definition) is 2. The number of carbonyl (C=O) groups is 1. The van der Waals surface area contributed by atoms with Gasteiger partial charge in [0.05, 0.1) is 0 Å². The molecule has 2 heteroatoms. The summed E-state index contributed by atoms with van der Waals surface area (Å²) in [5.74, 6) is 2.71. The number of allylic oxidation sites excluding steroid dienone is 1. The van der Waals surface area contributed by atoms with Crippen molar-refractivity contribution in [3.63, 3.8) is 0 Å². The summed E-state index contributed by atoms with van der Waals surface area (Å²) in [5, 5.41) is 10.4. The normalized spacial score (nSPS) is 40.3. The predicted octanol–water partition coefficient (Wildman–Crippen LogP) is 1.83. The van der Waals surface area contributed by atoms with Crippen molar-refractivity contribution in [2.75, 3.05) is 0 Å². The zero-order valence-electron chi connectivity index (χ0n) is 9.05. The van der Waals surface area contributed by atoms with Gasteiger partial charge in [0.1, 0.15) is 5.60 Å². The molecule has 1 saturated carbocycles. The van der Waals surface area contributed by atoms with E-state index in [-0.39, 0.29) is 11.2 Å². The van der Waals surface area contributed by atoms with Gasteiger partial charge in [-0.2, -0.15) is 0 Å². The zero-order valence-corrected chi connectivity index (χ0v) is 9.05. The molecular formula is C13H16O2. The van der Waals surface area contributed by atoms with Crippen LogP contribution in [0.1, 0.15) is 39.0 Å². The van der Waals surface area contributed by atoms with E-state index in [9.17, 15) is 9.90 Å². The Morgan fingerprint density at radius 1 is 1.47 bits per heavy atom. The highest BCUT2D eigenvalue weighted by Gasteiger charge is 2.51. The van der Waals surface area contributed by atoms with Gasteiger partial charge in [0.15, 0.2) is 5.78 Å². The smallest absolute Gasteiger partial charge is 0.155 e. The van der Waals surface area contributed by atoms with E-state index < -0.39 is 5.60 Å². The third kappa shape index (κ3) is 1.34. The van der Waals surface area contributed by atoms with Gasteiger partial charge < -0.3 is 5.11 Å². The van der Waals surface area contributed by atoms with Gasteiger partial charge in [0.2, 0.25) is 0 Å². The van der Waals surface area contributed by atoms with Crippen molar-refractivity contribution in [3.8, 4) is 12.3 Å². The SMILES string of the molecule is C#C[C@]1(O)CCCC2=CC(=O)CC[C@@]21C. The summed E-state index contributed by atoms with van der Waals surface area (Å²) < 4.78 is 0. The Kier molecular flexibility index (Phi) is 2.24. The van der Waals surface area contributed by atoms with E-state index >= 15 is 0 Å². The molecule has 2 rings (SSSR count). The van der Waals surface area contributed by atoms with Crippen LogP contribution < -0.4 is 0 Å². The van der Waals surface area contributed by atoms with Crippen LogP contribution in [0.15, 0.2) is 11.6 Å². The molecule has 15 heavy (non-hydrogen) atoms. The summed E-state index contributed by atoms with van der Waals surface area (Å²) in [5.41, 5.74) is -0.392. The minimum atomic E-state index is -1.06. The van der Waals surface area contributed by atoms with Gasteiger partial charge in [-0.05, 0) is 31.8 Å². The summed E-state index contributed by atoms with van der Waals surface area (Å²) in [6.45, 7) is 1.99. The first-order valence-corrected chi connectivity index (χ1v) is 5.46. The third-order valence-corrected chi connectivity index (χ3v) is 4.05. The summed E-state index contributed by atoms with van der Waals surface area (Å²) in [6.07, 6.45) is 10.7. The van der Waals surface area contributed by atoms with Crippen molar-refractivity contribution in [1.29, 1.82) is 0 Å². The van der Waals surface area contributed by atoms with E-state index in [2.05, 4.69) is 5.92 Å². The third-order valence-electron chi connectivity index (χ3n) is 4.05. The molecule has 2 aliphatic carbocycles. The van der Waals surface area contributed by atoms with Gasteiger partial charge in [-0.25, -0.2) is 0 Å². The number of aliphatic hydroxyl groups is 1. The number of rotatable bonds is 0. The lowest BCUT2D eigenvalue weighted by molar-refractivity contribution is -0.117. The van der Waals surface area contributed by atoms with Crippen LogP contribution in [0.5, 0.6) is 0 Å². The first kappa shape index (κ1) is 10.4. The first-order valence-electron chi connectivity index (χ1n) is 5.46. The van der Waals surface area contributed by atoms with Crippen LogP contribution in [0.25, 0.3) is 0 Å². The number of carbonyl (C=O) groups excluding carboxylic acids is 1. The van der Waals surface area contributed by atoms with E-state index in [4.69, 9.17) is 6.42 Å². The van der Waals surface area contributed by atoms with Crippen molar-refractivity contribution in [2.24, 2.45) is 5.41 Å². The van der Waals surface area contributed by atoms with Crippen LogP contribution in [0.4, 0.5) is 0 Å². The topological polar surface area (TPSA) is 37.3 Å². The lowest BCUT2D eigenvalue weighted by Gasteiger charge is -2.48. The molecule has 0 spiro atoms. The number of hydrogen-bond donors (Lipinski definition) is 1. The van der Waals surface area contributed by atoms with Crippen molar-refractivity contribution < 1.29 is 9.90 Å². The number of fused-ring (bicyclic) bond motifs is 1. The zero-order chi connectivity index (χ0) is 11.1. The monoisotopic (exact) mass is 204 g/mol. The molecule has 0 aromatic rings. The Morgan fingerprint density at radius 3 is 2.87 bits per heavy atom. The van der Waals surface area contributed by atoms with Gasteiger partial charge >= 0.3 is 0 Å². The molecule has 0 saturated heterocycles. The minimum absolute atomic E-state index is 0.170. The molecule has 0 aromatic carbocycles. The van der Waals surface area contributed by atoms with E-state index in [1.807, 2.05) is 6.92 Å². The Bertz CT molecular complexity index is 374. The first-order chi connectivity index (χ1) is 7.02. The fraction of sp³-hybridized carbons (Fsp3) is 0.615. The standard InChI is InChI=1S/C13H16O2/c1-3-13(15)7-4-5-10-9-11(14)6-8-12(10,13)2/h1,9,15H,4-8H2,2H3/t12-,13-/m0/s1. The molecular weight excluding hydrogens is 188 g/mol. The highest BCUT2D eigenvalue weighted by atomic mass is 16.3. The molecule has 0 heterocycles. The molecule has 2 aliphatic rings. The Labute approximate surface area is 90.4 Å². The molecule has 1 N–H and O–H groups in total. The summed E-state index contributed by atoms with van der Waals surface area (Å²) in [4.78, 5) is 11.3. The van der Waals surface area contributed by atoms with E-state index in [1.165, 1.54) is 0 Å². The van der Waals surface area contributed by atoms with Crippen LogP contribution in [0.2, 0.25) is 0 Å². The highest BCUT2D eigenvalue weighted by Crippen LogP contribution is 2.52. The summed E-state index contributed by atoms with van der Waals surface area (Å²) in [7, 11) is 0. The Morgan fingerprint density at radius 2 is 2.20 bits per heavy atom. The largest absolute Gasteiger partial charge is 0.377 e. The summed E-state index contributed by atoms with van der Waals surface area (Å²) >= 11 is 0. The Hall–Kier alpha value is -1.07. The van der Waals surface area contributed by atoms with Gasteiger partial charge in [-0.1, -0.05) is 18.4 Å². The molecule has 0 radical (unpaired) electrons. The lowest BCUT2D eigenvalue weighted by Crippen LogP contribution is -2.50. The fourth-order valence-electron chi connectivity index (χ4n) is 2.82. The highest BCUT2D eigenvalue weighted by molar-refractivity contribution is 5.91. The van der Waals surface area contributed by atoms with Crippen LogP contribution in [0.3, 0.4) is 0 Å². The van der Waals surface area contributed by atoms with Gasteiger partial charge in [-0.3, -0.25) is 4.79 Å². The van der Waals surface area contributed by atoms with E-state index in [0.29, 0.717) is 19.3 Å². The molecule has 0 aromatic heterocycles. The maximum atomic E-state index is 11.3. The molecule has 0 amide bonds. The van der Waals surface area contributed by atoms with Crippen molar-refractivity contribution in [1.82, 2.24) is 0 Å².